The molecule has 0 bridgehead atoms. The summed E-state index contributed by atoms with van der Waals surface area (Å²) in [7, 11) is 0. The lowest BCUT2D eigenvalue weighted by molar-refractivity contribution is 0.863. The molecule has 1 aliphatic carbocycles. The molecule has 0 amide bonds. The van der Waals surface area contributed by atoms with Gasteiger partial charge in [-0.25, -0.2) is 0 Å². The fraction of sp³-hybridized carbons (Fsp3) is 0.300. The fourth-order valence-corrected chi connectivity index (χ4v) is 2.97. The van der Waals surface area contributed by atoms with Crippen molar-refractivity contribution in [1.82, 2.24) is 0 Å². The molecule has 0 nitrogen and oxygen atoms in total. The molecule has 0 fully saturated rings. The van der Waals surface area contributed by atoms with Gasteiger partial charge in [-0.3, -0.25) is 0 Å². The van der Waals surface area contributed by atoms with Crippen molar-refractivity contribution in [3.05, 3.63) is 64.7 Å². The van der Waals surface area contributed by atoms with Crippen LogP contribution in [0.25, 0.3) is 17.2 Å². The van der Waals surface area contributed by atoms with E-state index in [4.69, 9.17) is 0 Å². The van der Waals surface area contributed by atoms with Crippen LogP contribution in [0.15, 0.2) is 48.0 Å². The maximum absolute atomic E-state index is 2.41. The summed E-state index contributed by atoms with van der Waals surface area (Å²) in [6.07, 6.45) is 4.69. The van der Waals surface area contributed by atoms with Crippen molar-refractivity contribution in [1.29, 1.82) is 0 Å². The van der Waals surface area contributed by atoms with E-state index in [2.05, 4.69) is 69.3 Å². The lowest BCUT2D eigenvalue weighted by Crippen LogP contribution is -1.95. The van der Waals surface area contributed by atoms with E-state index in [0.717, 1.165) is 12.8 Å². The zero-order valence-electron chi connectivity index (χ0n) is 12.6. The predicted molar refractivity (Wildman–Crippen MR) is 87.9 cm³/mol. The molecule has 0 heterocycles. The Bertz CT molecular complexity index is 645. The van der Waals surface area contributed by atoms with Gasteiger partial charge in [-0.15, -0.1) is 0 Å². The van der Waals surface area contributed by atoms with Gasteiger partial charge in [-0.05, 0) is 46.6 Å². The quantitative estimate of drug-likeness (QED) is 0.653. The minimum absolute atomic E-state index is 0.577. The van der Waals surface area contributed by atoms with Crippen LogP contribution in [0.5, 0.6) is 0 Å². The maximum Gasteiger partial charge on any atom is -0.00576 e. The average Bonchev–Trinajstić information content (AvgIpc) is 2.90. The second-order valence-electron chi connectivity index (χ2n) is 5.99. The molecule has 0 unspecified atom stereocenters. The van der Waals surface area contributed by atoms with E-state index in [1.165, 1.54) is 27.8 Å². The second-order valence-corrected chi connectivity index (χ2v) is 5.99. The highest BCUT2D eigenvalue weighted by atomic mass is 14.2. The monoisotopic (exact) mass is 262 g/mol. The highest BCUT2D eigenvalue weighted by Gasteiger charge is 2.18. The van der Waals surface area contributed by atoms with Crippen LogP contribution in [0.1, 0.15) is 49.8 Å². The molecule has 0 N–H and O–H groups in total. The summed E-state index contributed by atoms with van der Waals surface area (Å²) in [5.41, 5.74) is 8.69. The number of benzene rings is 2. The Labute approximate surface area is 122 Å². The molecular formula is C20H22. The van der Waals surface area contributed by atoms with Crippen molar-refractivity contribution >= 4 is 6.08 Å². The van der Waals surface area contributed by atoms with Gasteiger partial charge in [0.15, 0.2) is 0 Å². The van der Waals surface area contributed by atoms with Gasteiger partial charge in [0.05, 0.1) is 0 Å². The molecule has 1 aliphatic rings. The van der Waals surface area contributed by atoms with Crippen molar-refractivity contribution in [2.75, 3.05) is 0 Å². The lowest BCUT2D eigenvalue weighted by Gasteiger charge is -2.14. The van der Waals surface area contributed by atoms with Crippen LogP contribution in [0, 0.1) is 0 Å². The van der Waals surface area contributed by atoms with Crippen molar-refractivity contribution in [3.8, 4) is 11.1 Å². The summed E-state index contributed by atoms with van der Waals surface area (Å²) in [6, 6.07) is 15.6. The molecule has 3 rings (SSSR count). The zero-order chi connectivity index (χ0) is 14.1. The van der Waals surface area contributed by atoms with Gasteiger partial charge in [-0.1, -0.05) is 74.9 Å². The number of rotatable bonds is 3. The molecular weight excluding hydrogens is 240 g/mol. The SMILES string of the molecule is CCC1=Cc2c(cc(C(C)C)cc2-c2ccccc2)C1. The van der Waals surface area contributed by atoms with Crippen LogP contribution in [0.4, 0.5) is 0 Å². The third kappa shape index (κ3) is 2.31. The summed E-state index contributed by atoms with van der Waals surface area (Å²) >= 11 is 0. The van der Waals surface area contributed by atoms with Gasteiger partial charge in [0.1, 0.15) is 0 Å². The third-order valence-electron chi connectivity index (χ3n) is 4.26. The molecule has 0 spiro atoms. The van der Waals surface area contributed by atoms with E-state index in [-0.39, 0.29) is 0 Å². The number of fused-ring (bicyclic) bond motifs is 1. The first-order valence-electron chi connectivity index (χ1n) is 7.60. The summed E-state index contributed by atoms with van der Waals surface area (Å²) in [5, 5.41) is 0. The molecule has 0 atom stereocenters. The van der Waals surface area contributed by atoms with Crippen LogP contribution in [-0.2, 0) is 6.42 Å². The van der Waals surface area contributed by atoms with Crippen LogP contribution in [-0.4, -0.2) is 0 Å². The van der Waals surface area contributed by atoms with Gasteiger partial charge in [-0.2, -0.15) is 0 Å². The number of hydrogen-bond acceptors (Lipinski definition) is 0. The van der Waals surface area contributed by atoms with Crippen molar-refractivity contribution in [3.63, 3.8) is 0 Å². The average molecular weight is 262 g/mol. The summed E-state index contributed by atoms with van der Waals surface area (Å²) in [5.74, 6) is 0.577. The molecule has 20 heavy (non-hydrogen) atoms. The van der Waals surface area contributed by atoms with Gasteiger partial charge < -0.3 is 0 Å². The van der Waals surface area contributed by atoms with Crippen LogP contribution in [0.3, 0.4) is 0 Å². The van der Waals surface area contributed by atoms with E-state index in [9.17, 15) is 0 Å². The molecule has 2 aromatic rings. The molecule has 0 heteroatoms. The van der Waals surface area contributed by atoms with Crippen LogP contribution in [0.2, 0.25) is 0 Å². The predicted octanol–water partition coefficient (Wildman–Crippen LogP) is 5.83. The van der Waals surface area contributed by atoms with Gasteiger partial charge in [0.2, 0.25) is 0 Å². The first kappa shape index (κ1) is 13.2. The normalized spacial score (nSPS) is 13.5. The molecule has 2 aromatic carbocycles. The molecule has 0 saturated heterocycles. The Hall–Kier alpha value is -1.82. The molecule has 0 aromatic heterocycles. The smallest absolute Gasteiger partial charge is 0.00576 e. The van der Waals surface area contributed by atoms with Crippen molar-refractivity contribution < 1.29 is 0 Å². The van der Waals surface area contributed by atoms with E-state index >= 15 is 0 Å². The van der Waals surface area contributed by atoms with E-state index < -0.39 is 0 Å². The lowest BCUT2D eigenvalue weighted by atomic mass is 9.91. The van der Waals surface area contributed by atoms with Crippen molar-refractivity contribution in [2.24, 2.45) is 0 Å². The second kappa shape index (κ2) is 5.28. The van der Waals surface area contributed by atoms with Gasteiger partial charge >= 0.3 is 0 Å². The highest BCUT2D eigenvalue weighted by Crippen LogP contribution is 2.37. The molecule has 102 valence electrons. The molecule has 0 saturated carbocycles. The molecule has 0 aliphatic heterocycles. The molecule has 0 radical (unpaired) electrons. The number of hydrogen-bond donors (Lipinski definition) is 0. The maximum atomic E-state index is 2.41. The van der Waals surface area contributed by atoms with Crippen LogP contribution < -0.4 is 0 Å². The minimum Gasteiger partial charge on any atom is -0.0655 e. The van der Waals surface area contributed by atoms with E-state index in [1.54, 1.807) is 5.57 Å². The summed E-state index contributed by atoms with van der Waals surface area (Å²) < 4.78 is 0. The standard InChI is InChI=1S/C20H22/c1-4-15-10-18-12-17(14(2)3)13-20(19(18)11-15)16-8-6-5-7-9-16/h5-9,11-14H,4,10H2,1-3H3. The Morgan fingerprint density at radius 2 is 1.80 bits per heavy atom. The topological polar surface area (TPSA) is 0 Å². The van der Waals surface area contributed by atoms with Gasteiger partial charge in [0.25, 0.3) is 0 Å². The first-order valence-corrected chi connectivity index (χ1v) is 7.60. The third-order valence-corrected chi connectivity index (χ3v) is 4.26. The summed E-state index contributed by atoms with van der Waals surface area (Å²) in [4.78, 5) is 0. The Kier molecular flexibility index (Phi) is 3.48. The number of allylic oxidation sites excluding steroid dienone is 1. The van der Waals surface area contributed by atoms with Gasteiger partial charge in [0, 0.05) is 0 Å². The largest absolute Gasteiger partial charge is 0.0655 e. The zero-order valence-corrected chi connectivity index (χ0v) is 12.6. The highest BCUT2D eigenvalue weighted by molar-refractivity contribution is 5.81. The van der Waals surface area contributed by atoms with Crippen LogP contribution >= 0.6 is 0 Å². The van der Waals surface area contributed by atoms with E-state index in [1.807, 2.05) is 0 Å². The van der Waals surface area contributed by atoms with Crippen molar-refractivity contribution in [2.45, 2.75) is 39.5 Å². The first-order chi connectivity index (χ1) is 9.69. The van der Waals surface area contributed by atoms with E-state index in [0.29, 0.717) is 5.92 Å². The minimum atomic E-state index is 0.577. The summed E-state index contributed by atoms with van der Waals surface area (Å²) in [6.45, 7) is 6.81. The Morgan fingerprint density at radius 1 is 1.05 bits per heavy atom. The fourth-order valence-electron chi connectivity index (χ4n) is 2.97. The Balaban J connectivity index is 2.19. The Morgan fingerprint density at radius 3 is 2.45 bits per heavy atom.